The molecule has 0 aromatic heterocycles. The molecule has 1 fully saturated rings. The molecule has 1 amide bonds. The van der Waals surface area contributed by atoms with Crippen molar-refractivity contribution in [1.29, 1.82) is 0 Å². The van der Waals surface area contributed by atoms with E-state index in [2.05, 4.69) is 20.8 Å². The Kier molecular flexibility index (Phi) is 4.96. The first kappa shape index (κ1) is 16.0. The van der Waals surface area contributed by atoms with E-state index in [1.807, 2.05) is 6.92 Å². The van der Waals surface area contributed by atoms with Crippen LogP contribution in [0.2, 0.25) is 0 Å². The fraction of sp³-hybridized carbons (Fsp3) is 0.857. The second kappa shape index (κ2) is 5.90. The topological polar surface area (TPSA) is 83.6 Å². The molecule has 0 spiro atoms. The molecule has 3 N–H and O–H groups in total. The van der Waals surface area contributed by atoms with Crippen LogP contribution in [0.15, 0.2) is 0 Å². The summed E-state index contributed by atoms with van der Waals surface area (Å²) < 4.78 is 0. The molecule has 5 nitrogen and oxygen atoms in total. The van der Waals surface area contributed by atoms with E-state index >= 15 is 0 Å². The molecule has 1 rings (SSSR count). The van der Waals surface area contributed by atoms with Crippen LogP contribution in [0.3, 0.4) is 0 Å². The van der Waals surface area contributed by atoms with Crippen molar-refractivity contribution in [2.45, 2.75) is 59.0 Å². The van der Waals surface area contributed by atoms with Gasteiger partial charge in [0.05, 0.1) is 0 Å². The highest BCUT2D eigenvalue weighted by atomic mass is 16.4. The number of carbonyl (C=O) groups is 2. The zero-order valence-electron chi connectivity index (χ0n) is 12.3. The molecule has 0 radical (unpaired) electrons. The third kappa shape index (κ3) is 4.49. The normalized spacial score (nSPS) is 25.4. The van der Waals surface area contributed by atoms with Gasteiger partial charge in [-0.1, -0.05) is 27.7 Å². The van der Waals surface area contributed by atoms with Crippen molar-refractivity contribution in [3.8, 4) is 0 Å². The lowest BCUT2D eigenvalue weighted by molar-refractivity contribution is -0.149. The third-order valence-electron chi connectivity index (χ3n) is 3.58. The van der Waals surface area contributed by atoms with Gasteiger partial charge in [0.1, 0.15) is 6.04 Å². The zero-order valence-corrected chi connectivity index (χ0v) is 12.3. The highest BCUT2D eigenvalue weighted by Gasteiger charge is 2.39. The first-order valence-electron chi connectivity index (χ1n) is 6.89. The highest BCUT2D eigenvalue weighted by molar-refractivity contribution is 5.84. The Labute approximate surface area is 115 Å². The molecule has 1 aliphatic rings. The number of nitrogens with zero attached hydrogens (tertiary/aromatic N) is 1. The van der Waals surface area contributed by atoms with Gasteiger partial charge in [0.2, 0.25) is 5.91 Å². The largest absolute Gasteiger partial charge is 0.480 e. The average molecular weight is 270 g/mol. The summed E-state index contributed by atoms with van der Waals surface area (Å²) in [7, 11) is 0. The minimum atomic E-state index is -0.914. The van der Waals surface area contributed by atoms with Gasteiger partial charge >= 0.3 is 5.97 Å². The summed E-state index contributed by atoms with van der Waals surface area (Å²) in [5.41, 5.74) is 6.06. The van der Waals surface area contributed by atoms with Crippen LogP contribution in [-0.4, -0.2) is 40.5 Å². The molecule has 0 aromatic rings. The second-order valence-corrected chi connectivity index (χ2v) is 6.87. The van der Waals surface area contributed by atoms with Crippen LogP contribution in [0.25, 0.3) is 0 Å². The summed E-state index contributed by atoms with van der Waals surface area (Å²) in [5, 5.41) is 9.20. The van der Waals surface area contributed by atoms with Gasteiger partial charge in [-0.3, -0.25) is 4.79 Å². The zero-order chi connectivity index (χ0) is 14.8. The van der Waals surface area contributed by atoms with Crippen molar-refractivity contribution in [3.63, 3.8) is 0 Å². The smallest absolute Gasteiger partial charge is 0.326 e. The van der Waals surface area contributed by atoms with E-state index in [0.29, 0.717) is 6.54 Å². The number of rotatable bonds is 4. The Bertz CT molecular complexity index is 349. The predicted octanol–water partition coefficient (Wildman–Crippen LogP) is 1.46. The van der Waals surface area contributed by atoms with Gasteiger partial charge in [0.15, 0.2) is 0 Å². The summed E-state index contributed by atoms with van der Waals surface area (Å²) in [6.45, 7) is 8.64. The average Bonchev–Trinajstić information content (AvgIpc) is 2.56. The van der Waals surface area contributed by atoms with E-state index in [1.165, 1.54) is 4.90 Å². The maximum absolute atomic E-state index is 12.2. The Morgan fingerprint density at radius 2 is 2.00 bits per heavy atom. The molecule has 3 atom stereocenters. The van der Waals surface area contributed by atoms with Crippen LogP contribution in [0.1, 0.15) is 47.0 Å². The minimum absolute atomic E-state index is 0.0142. The molecule has 0 saturated carbocycles. The van der Waals surface area contributed by atoms with Gasteiger partial charge in [-0.05, 0) is 24.2 Å². The van der Waals surface area contributed by atoms with Crippen molar-refractivity contribution in [2.75, 3.05) is 6.54 Å². The summed E-state index contributed by atoms with van der Waals surface area (Å²) in [4.78, 5) is 24.9. The number of likely N-dealkylation sites (tertiary alicyclic amines) is 1. The number of amides is 1. The van der Waals surface area contributed by atoms with E-state index in [1.54, 1.807) is 0 Å². The number of carboxylic acids is 1. The molecule has 19 heavy (non-hydrogen) atoms. The minimum Gasteiger partial charge on any atom is -0.480 e. The molecule has 1 saturated heterocycles. The number of hydrogen-bond donors (Lipinski definition) is 2. The third-order valence-corrected chi connectivity index (χ3v) is 3.58. The van der Waals surface area contributed by atoms with Crippen molar-refractivity contribution in [3.05, 3.63) is 0 Å². The molecular formula is C14H26N2O3. The van der Waals surface area contributed by atoms with Gasteiger partial charge in [0, 0.05) is 19.0 Å². The SMILES string of the molecule is CC1CCN(C(=O)CC(N)CC(C)(C)C)C1C(=O)O. The molecular weight excluding hydrogens is 244 g/mol. The predicted molar refractivity (Wildman–Crippen MR) is 73.6 cm³/mol. The van der Waals surface area contributed by atoms with Crippen molar-refractivity contribution in [1.82, 2.24) is 4.90 Å². The van der Waals surface area contributed by atoms with Crippen LogP contribution >= 0.6 is 0 Å². The van der Waals surface area contributed by atoms with E-state index in [4.69, 9.17) is 5.73 Å². The Balaban J connectivity index is 2.60. The Hall–Kier alpha value is -1.10. The molecule has 0 bridgehead atoms. The Morgan fingerprint density at radius 3 is 2.47 bits per heavy atom. The quantitative estimate of drug-likeness (QED) is 0.810. The number of hydrogen-bond acceptors (Lipinski definition) is 3. The first-order valence-corrected chi connectivity index (χ1v) is 6.89. The van der Waals surface area contributed by atoms with E-state index < -0.39 is 12.0 Å². The van der Waals surface area contributed by atoms with E-state index in [9.17, 15) is 14.7 Å². The fourth-order valence-electron chi connectivity index (χ4n) is 2.80. The Morgan fingerprint density at radius 1 is 1.42 bits per heavy atom. The number of aliphatic carboxylic acids is 1. The molecule has 5 heteroatoms. The lowest BCUT2D eigenvalue weighted by Gasteiger charge is -2.27. The van der Waals surface area contributed by atoms with Gasteiger partial charge in [-0.25, -0.2) is 4.79 Å². The standard InChI is InChI=1S/C14H26N2O3/c1-9-5-6-16(12(9)13(18)19)11(17)7-10(15)8-14(2,3)4/h9-10,12H,5-8,15H2,1-4H3,(H,18,19). The molecule has 0 aliphatic carbocycles. The highest BCUT2D eigenvalue weighted by Crippen LogP contribution is 2.26. The second-order valence-electron chi connectivity index (χ2n) is 6.87. The first-order chi connectivity index (χ1) is 8.61. The molecule has 3 unspecified atom stereocenters. The van der Waals surface area contributed by atoms with Crippen LogP contribution in [-0.2, 0) is 9.59 Å². The van der Waals surface area contributed by atoms with Gasteiger partial charge in [-0.15, -0.1) is 0 Å². The van der Waals surface area contributed by atoms with Gasteiger partial charge in [-0.2, -0.15) is 0 Å². The summed E-state index contributed by atoms with van der Waals surface area (Å²) >= 11 is 0. The van der Waals surface area contributed by atoms with Crippen molar-refractivity contribution >= 4 is 11.9 Å². The van der Waals surface area contributed by atoms with Crippen LogP contribution in [0.4, 0.5) is 0 Å². The van der Waals surface area contributed by atoms with E-state index in [-0.39, 0.29) is 29.7 Å². The van der Waals surface area contributed by atoms with Crippen molar-refractivity contribution < 1.29 is 14.7 Å². The van der Waals surface area contributed by atoms with Gasteiger partial charge in [0.25, 0.3) is 0 Å². The molecule has 110 valence electrons. The summed E-state index contributed by atoms with van der Waals surface area (Å²) in [5.74, 6) is -1.03. The van der Waals surface area contributed by atoms with Crippen molar-refractivity contribution in [2.24, 2.45) is 17.1 Å². The number of carbonyl (C=O) groups excluding carboxylic acids is 1. The summed E-state index contributed by atoms with van der Waals surface area (Å²) in [6.07, 6.45) is 1.73. The lowest BCUT2D eigenvalue weighted by atomic mass is 9.87. The van der Waals surface area contributed by atoms with Gasteiger partial charge < -0.3 is 15.7 Å². The molecule has 0 aromatic carbocycles. The lowest BCUT2D eigenvalue weighted by Crippen LogP contribution is -2.45. The number of nitrogens with two attached hydrogens (primary N) is 1. The maximum atomic E-state index is 12.2. The number of carboxylic acid groups (broad SMARTS) is 1. The van der Waals surface area contributed by atoms with E-state index in [0.717, 1.165) is 12.8 Å². The molecule has 1 aliphatic heterocycles. The maximum Gasteiger partial charge on any atom is 0.326 e. The van der Waals surface area contributed by atoms with Crippen LogP contribution in [0.5, 0.6) is 0 Å². The monoisotopic (exact) mass is 270 g/mol. The van der Waals surface area contributed by atoms with Crippen LogP contribution < -0.4 is 5.73 Å². The fourth-order valence-corrected chi connectivity index (χ4v) is 2.80. The molecule has 1 heterocycles. The summed E-state index contributed by atoms with van der Waals surface area (Å²) in [6, 6.07) is -0.896. The van der Waals surface area contributed by atoms with Crippen LogP contribution in [0, 0.1) is 11.3 Å².